The van der Waals surface area contributed by atoms with Gasteiger partial charge in [-0.15, -0.1) is 0 Å². The van der Waals surface area contributed by atoms with E-state index in [4.69, 9.17) is 0 Å². The molecular formula is C17H17FN2O3. The van der Waals surface area contributed by atoms with Crippen LogP contribution in [0, 0.1) is 5.82 Å². The van der Waals surface area contributed by atoms with E-state index in [9.17, 15) is 19.1 Å². The summed E-state index contributed by atoms with van der Waals surface area (Å²) in [5.74, 6) is -1.09. The van der Waals surface area contributed by atoms with Crippen LogP contribution in [-0.4, -0.2) is 16.9 Å². The Hall–Kier alpha value is -2.89. The summed E-state index contributed by atoms with van der Waals surface area (Å²) in [5.41, 5.74) is 1.08. The second-order valence-electron chi connectivity index (χ2n) is 5.05. The molecule has 0 aliphatic heterocycles. The van der Waals surface area contributed by atoms with Crippen molar-refractivity contribution >= 4 is 23.2 Å². The number of anilines is 2. The number of halogens is 1. The molecule has 0 aromatic heterocycles. The number of aryl methyl sites for hydroxylation is 1. The molecule has 2 aromatic carbocycles. The van der Waals surface area contributed by atoms with E-state index in [-0.39, 0.29) is 23.8 Å². The van der Waals surface area contributed by atoms with Crippen LogP contribution in [0.2, 0.25) is 0 Å². The third kappa shape index (κ3) is 4.81. The van der Waals surface area contributed by atoms with Crippen molar-refractivity contribution in [3.63, 3.8) is 0 Å². The van der Waals surface area contributed by atoms with Crippen molar-refractivity contribution in [3.8, 4) is 5.75 Å². The van der Waals surface area contributed by atoms with Crippen molar-refractivity contribution in [3.05, 3.63) is 53.8 Å². The molecule has 0 saturated carbocycles. The number of para-hydroxylation sites is 1. The predicted octanol–water partition coefficient (Wildman–Crippen LogP) is 3.06. The highest BCUT2D eigenvalue weighted by molar-refractivity contribution is 5.93. The Morgan fingerprint density at radius 2 is 1.87 bits per heavy atom. The molecule has 0 fully saturated rings. The van der Waals surface area contributed by atoms with Crippen molar-refractivity contribution < 1.29 is 19.1 Å². The molecule has 3 N–H and O–H groups in total. The number of phenolic OH excluding ortho intramolecular Hbond substituents is 1. The van der Waals surface area contributed by atoms with Crippen LogP contribution in [0.4, 0.5) is 15.8 Å². The Morgan fingerprint density at radius 1 is 1.13 bits per heavy atom. The molecule has 5 nitrogen and oxygen atoms in total. The Labute approximate surface area is 133 Å². The lowest BCUT2D eigenvalue weighted by Gasteiger charge is -2.09. The van der Waals surface area contributed by atoms with Crippen LogP contribution in [0.3, 0.4) is 0 Å². The van der Waals surface area contributed by atoms with Crippen LogP contribution in [0.5, 0.6) is 5.75 Å². The minimum absolute atomic E-state index is 0.0102. The first-order valence-corrected chi connectivity index (χ1v) is 7.09. The standard InChI is InChI=1S/C17H17FN2O3/c1-11(21)19-15-10-13(7-8-14(15)18)20-17(23)9-6-12-4-2-3-5-16(12)22/h2-5,7-8,10,22H,6,9H2,1H3,(H,19,21)(H,20,23). The fraction of sp³-hybridized carbons (Fsp3) is 0.176. The van der Waals surface area contributed by atoms with E-state index in [1.807, 2.05) is 0 Å². The average molecular weight is 316 g/mol. The number of amides is 2. The summed E-state index contributed by atoms with van der Waals surface area (Å²) in [6.07, 6.45) is 0.558. The molecule has 0 spiro atoms. The molecule has 2 rings (SSSR count). The van der Waals surface area contributed by atoms with Gasteiger partial charge in [0.1, 0.15) is 11.6 Å². The molecule has 6 heteroatoms. The monoisotopic (exact) mass is 316 g/mol. The van der Waals surface area contributed by atoms with E-state index in [0.717, 1.165) is 0 Å². The van der Waals surface area contributed by atoms with E-state index < -0.39 is 11.7 Å². The van der Waals surface area contributed by atoms with Crippen LogP contribution < -0.4 is 10.6 Å². The summed E-state index contributed by atoms with van der Waals surface area (Å²) in [5, 5.41) is 14.6. The minimum Gasteiger partial charge on any atom is -0.508 e. The summed E-state index contributed by atoms with van der Waals surface area (Å²) in [6, 6.07) is 10.7. The SMILES string of the molecule is CC(=O)Nc1cc(NC(=O)CCc2ccccc2O)ccc1F. The van der Waals surface area contributed by atoms with Crippen molar-refractivity contribution in [2.75, 3.05) is 10.6 Å². The maximum Gasteiger partial charge on any atom is 0.224 e. The van der Waals surface area contributed by atoms with E-state index in [0.29, 0.717) is 17.7 Å². The first-order chi connectivity index (χ1) is 11.0. The van der Waals surface area contributed by atoms with Gasteiger partial charge in [-0.25, -0.2) is 4.39 Å². The fourth-order valence-electron chi connectivity index (χ4n) is 2.08. The topological polar surface area (TPSA) is 78.4 Å². The van der Waals surface area contributed by atoms with Crippen LogP contribution in [0.1, 0.15) is 18.9 Å². The predicted molar refractivity (Wildman–Crippen MR) is 85.8 cm³/mol. The summed E-state index contributed by atoms with van der Waals surface area (Å²) < 4.78 is 13.5. The molecule has 0 radical (unpaired) electrons. The van der Waals surface area contributed by atoms with Crippen LogP contribution in [-0.2, 0) is 16.0 Å². The zero-order chi connectivity index (χ0) is 16.8. The average Bonchev–Trinajstić information content (AvgIpc) is 2.49. The zero-order valence-corrected chi connectivity index (χ0v) is 12.6. The number of hydrogen-bond donors (Lipinski definition) is 3. The second kappa shape index (κ2) is 7.40. The molecule has 0 bridgehead atoms. The van der Waals surface area contributed by atoms with Gasteiger partial charge in [-0.2, -0.15) is 0 Å². The molecule has 2 amide bonds. The first kappa shape index (κ1) is 16.5. The van der Waals surface area contributed by atoms with Crippen LogP contribution >= 0.6 is 0 Å². The Morgan fingerprint density at radius 3 is 2.57 bits per heavy atom. The van der Waals surface area contributed by atoms with Gasteiger partial charge < -0.3 is 15.7 Å². The van der Waals surface area contributed by atoms with Gasteiger partial charge in [-0.3, -0.25) is 9.59 Å². The molecule has 0 aliphatic carbocycles. The van der Waals surface area contributed by atoms with Gasteiger partial charge >= 0.3 is 0 Å². The third-order valence-electron chi connectivity index (χ3n) is 3.17. The molecule has 0 unspecified atom stereocenters. The van der Waals surface area contributed by atoms with Gasteiger partial charge in [0.25, 0.3) is 0 Å². The van der Waals surface area contributed by atoms with Gasteiger partial charge in [-0.05, 0) is 36.2 Å². The maximum absolute atomic E-state index is 13.5. The summed E-state index contributed by atoms with van der Waals surface area (Å²) in [7, 11) is 0. The van der Waals surface area contributed by atoms with Crippen molar-refractivity contribution in [1.29, 1.82) is 0 Å². The van der Waals surface area contributed by atoms with Gasteiger partial charge in [-0.1, -0.05) is 18.2 Å². The molecule has 2 aromatic rings. The summed E-state index contributed by atoms with van der Waals surface area (Å²) in [4.78, 5) is 22.9. The third-order valence-corrected chi connectivity index (χ3v) is 3.17. The van der Waals surface area contributed by atoms with Crippen molar-refractivity contribution in [1.82, 2.24) is 0 Å². The molecule has 23 heavy (non-hydrogen) atoms. The van der Waals surface area contributed by atoms with E-state index in [1.54, 1.807) is 24.3 Å². The zero-order valence-electron chi connectivity index (χ0n) is 12.6. The maximum atomic E-state index is 13.5. The number of rotatable bonds is 5. The highest BCUT2D eigenvalue weighted by Gasteiger charge is 2.09. The lowest BCUT2D eigenvalue weighted by atomic mass is 10.1. The van der Waals surface area contributed by atoms with E-state index in [1.165, 1.54) is 25.1 Å². The summed E-state index contributed by atoms with van der Waals surface area (Å²) >= 11 is 0. The highest BCUT2D eigenvalue weighted by atomic mass is 19.1. The largest absolute Gasteiger partial charge is 0.508 e. The normalized spacial score (nSPS) is 10.2. The number of carbonyl (C=O) groups is 2. The van der Waals surface area contributed by atoms with Crippen LogP contribution in [0.15, 0.2) is 42.5 Å². The van der Waals surface area contributed by atoms with Gasteiger partial charge in [0.05, 0.1) is 5.69 Å². The molecule has 0 atom stereocenters. The summed E-state index contributed by atoms with van der Waals surface area (Å²) in [6.45, 7) is 1.27. The minimum atomic E-state index is -0.576. The second-order valence-corrected chi connectivity index (χ2v) is 5.05. The molecule has 0 aliphatic rings. The van der Waals surface area contributed by atoms with E-state index in [2.05, 4.69) is 10.6 Å². The molecule has 0 heterocycles. The lowest BCUT2D eigenvalue weighted by molar-refractivity contribution is -0.116. The van der Waals surface area contributed by atoms with Crippen LogP contribution in [0.25, 0.3) is 0 Å². The molecule has 0 saturated heterocycles. The molecular weight excluding hydrogens is 299 g/mol. The van der Waals surface area contributed by atoms with Gasteiger partial charge in [0, 0.05) is 19.0 Å². The number of aromatic hydroxyl groups is 1. The van der Waals surface area contributed by atoms with Gasteiger partial charge in [0.2, 0.25) is 11.8 Å². The van der Waals surface area contributed by atoms with Crippen molar-refractivity contribution in [2.45, 2.75) is 19.8 Å². The first-order valence-electron chi connectivity index (χ1n) is 7.09. The molecule has 120 valence electrons. The highest BCUT2D eigenvalue weighted by Crippen LogP contribution is 2.21. The lowest BCUT2D eigenvalue weighted by Crippen LogP contribution is -2.13. The Bertz CT molecular complexity index is 732. The smallest absolute Gasteiger partial charge is 0.224 e. The number of phenols is 1. The van der Waals surface area contributed by atoms with Crippen molar-refractivity contribution in [2.24, 2.45) is 0 Å². The number of benzene rings is 2. The number of nitrogens with one attached hydrogen (secondary N) is 2. The fourth-order valence-corrected chi connectivity index (χ4v) is 2.08. The van der Waals surface area contributed by atoms with Gasteiger partial charge in [0.15, 0.2) is 0 Å². The number of carbonyl (C=O) groups excluding carboxylic acids is 2. The quantitative estimate of drug-likeness (QED) is 0.793. The van der Waals surface area contributed by atoms with E-state index >= 15 is 0 Å². The number of hydrogen-bond acceptors (Lipinski definition) is 3. The Balaban J connectivity index is 1.97. The Kier molecular flexibility index (Phi) is 5.30.